The van der Waals surface area contributed by atoms with Crippen molar-refractivity contribution >= 4 is 0 Å². The number of pyridine rings is 1. The molecule has 0 spiro atoms. The van der Waals surface area contributed by atoms with Gasteiger partial charge in [-0.2, -0.15) is 0 Å². The van der Waals surface area contributed by atoms with Crippen LogP contribution in [0.3, 0.4) is 0 Å². The summed E-state index contributed by atoms with van der Waals surface area (Å²) in [7, 11) is 0. The van der Waals surface area contributed by atoms with Gasteiger partial charge in [0.25, 0.3) is 0 Å². The van der Waals surface area contributed by atoms with Gasteiger partial charge >= 0.3 is 0 Å². The molecule has 4 heteroatoms. The third-order valence-electron chi connectivity index (χ3n) is 3.23. The first-order chi connectivity index (χ1) is 10.2. The molecule has 112 valence electrons. The molecular formula is C17H21FN2O. The van der Waals surface area contributed by atoms with Gasteiger partial charge in [-0.05, 0) is 49.2 Å². The molecule has 3 nitrogen and oxygen atoms in total. The molecule has 21 heavy (non-hydrogen) atoms. The number of rotatable bonds is 7. The van der Waals surface area contributed by atoms with Crippen LogP contribution in [0.2, 0.25) is 0 Å². The van der Waals surface area contributed by atoms with Crippen LogP contribution in [-0.2, 0) is 13.2 Å². The van der Waals surface area contributed by atoms with E-state index in [1.807, 2.05) is 25.1 Å². The number of hydrogen-bond donors (Lipinski definition) is 1. The van der Waals surface area contributed by atoms with Gasteiger partial charge in [0.15, 0.2) is 11.6 Å². The van der Waals surface area contributed by atoms with Crippen molar-refractivity contribution in [3.63, 3.8) is 0 Å². The first kappa shape index (κ1) is 15.4. The number of nitrogens with zero attached hydrogens (tertiary/aromatic N) is 1. The highest BCUT2D eigenvalue weighted by Crippen LogP contribution is 2.20. The highest BCUT2D eigenvalue weighted by Gasteiger charge is 2.06. The summed E-state index contributed by atoms with van der Waals surface area (Å²) in [5.41, 5.74) is 2.78. The molecule has 0 fully saturated rings. The van der Waals surface area contributed by atoms with Gasteiger partial charge in [-0.25, -0.2) is 4.39 Å². The molecule has 1 N–H and O–H groups in total. The zero-order valence-electron chi connectivity index (χ0n) is 12.5. The molecule has 1 aromatic heterocycles. The molecule has 0 unspecified atom stereocenters. The van der Waals surface area contributed by atoms with Gasteiger partial charge in [0, 0.05) is 12.7 Å². The Labute approximate surface area is 125 Å². The Hall–Kier alpha value is -1.94. The molecule has 0 saturated heterocycles. The lowest BCUT2D eigenvalue weighted by molar-refractivity contribution is 0.285. The van der Waals surface area contributed by atoms with E-state index < -0.39 is 0 Å². The van der Waals surface area contributed by atoms with E-state index in [9.17, 15) is 4.39 Å². The van der Waals surface area contributed by atoms with Crippen LogP contribution in [0, 0.1) is 12.7 Å². The minimum absolute atomic E-state index is 0.263. The molecule has 2 rings (SSSR count). The zero-order valence-corrected chi connectivity index (χ0v) is 12.5. The lowest BCUT2D eigenvalue weighted by atomic mass is 10.2. The van der Waals surface area contributed by atoms with Crippen LogP contribution in [0.25, 0.3) is 0 Å². The predicted octanol–water partition coefficient (Wildman–Crippen LogP) is 3.61. The Morgan fingerprint density at radius 2 is 2.14 bits per heavy atom. The number of benzene rings is 1. The molecule has 0 aliphatic heterocycles. The summed E-state index contributed by atoms with van der Waals surface area (Å²) in [4.78, 5) is 4.23. The lowest BCUT2D eigenvalue weighted by Gasteiger charge is -2.10. The minimum Gasteiger partial charge on any atom is -0.484 e. The number of aromatic nitrogens is 1. The third-order valence-corrected chi connectivity index (χ3v) is 3.23. The van der Waals surface area contributed by atoms with Crippen molar-refractivity contribution in [3.05, 3.63) is 59.2 Å². The molecule has 0 radical (unpaired) electrons. The van der Waals surface area contributed by atoms with E-state index in [4.69, 9.17) is 4.74 Å². The second-order valence-electron chi connectivity index (χ2n) is 5.00. The first-order valence-corrected chi connectivity index (χ1v) is 7.23. The van der Waals surface area contributed by atoms with Crippen LogP contribution < -0.4 is 10.1 Å². The summed E-state index contributed by atoms with van der Waals surface area (Å²) >= 11 is 0. The topological polar surface area (TPSA) is 34.1 Å². The number of hydrogen-bond acceptors (Lipinski definition) is 3. The second kappa shape index (κ2) is 7.74. The van der Waals surface area contributed by atoms with E-state index in [1.165, 1.54) is 6.07 Å². The summed E-state index contributed by atoms with van der Waals surface area (Å²) in [6, 6.07) is 8.91. The van der Waals surface area contributed by atoms with Gasteiger partial charge in [0.05, 0.1) is 5.69 Å². The van der Waals surface area contributed by atoms with Crippen molar-refractivity contribution in [2.75, 3.05) is 6.54 Å². The molecule has 2 aromatic rings. The molecule has 0 aliphatic rings. The SMILES string of the molecule is CCCNCc1ccc(OCc2ncccc2C)c(F)c1. The van der Waals surface area contributed by atoms with E-state index in [0.717, 1.165) is 29.8 Å². The first-order valence-electron chi connectivity index (χ1n) is 7.23. The van der Waals surface area contributed by atoms with E-state index >= 15 is 0 Å². The molecule has 1 aromatic carbocycles. The number of halogens is 1. The lowest BCUT2D eigenvalue weighted by Crippen LogP contribution is -2.13. The fourth-order valence-corrected chi connectivity index (χ4v) is 2.00. The van der Waals surface area contributed by atoms with E-state index in [-0.39, 0.29) is 18.2 Å². The van der Waals surface area contributed by atoms with Gasteiger partial charge in [-0.3, -0.25) is 4.98 Å². The van der Waals surface area contributed by atoms with Gasteiger partial charge in [0.1, 0.15) is 6.61 Å². The Morgan fingerprint density at radius 1 is 1.29 bits per heavy atom. The summed E-state index contributed by atoms with van der Waals surface area (Å²) in [5.74, 6) is -0.0707. The molecule has 0 bridgehead atoms. The Kier molecular flexibility index (Phi) is 5.69. The van der Waals surface area contributed by atoms with Crippen molar-refractivity contribution < 1.29 is 9.13 Å². The van der Waals surface area contributed by atoms with Crippen LogP contribution in [0.15, 0.2) is 36.5 Å². The van der Waals surface area contributed by atoms with Crippen molar-refractivity contribution in [2.45, 2.75) is 33.4 Å². The quantitative estimate of drug-likeness (QED) is 0.790. The molecule has 1 heterocycles. The van der Waals surface area contributed by atoms with Crippen molar-refractivity contribution in [3.8, 4) is 5.75 Å². The molecule has 0 saturated carbocycles. The maximum Gasteiger partial charge on any atom is 0.165 e. The molecular weight excluding hydrogens is 267 g/mol. The van der Waals surface area contributed by atoms with Crippen LogP contribution in [0.1, 0.15) is 30.2 Å². The Bertz CT molecular complexity index is 587. The maximum atomic E-state index is 14.0. The largest absolute Gasteiger partial charge is 0.484 e. The summed E-state index contributed by atoms with van der Waals surface area (Å²) in [6.07, 6.45) is 2.78. The van der Waals surface area contributed by atoms with Crippen LogP contribution >= 0.6 is 0 Å². The smallest absolute Gasteiger partial charge is 0.165 e. The van der Waals surface area contributed by atoms with E-state index in [1.54, 1.807) is 12.3 Å². The molecule has 0 atom stereocenters. The summed E-state index contributed by atoms with van der Waals surface area (Å²) in [6.45, 7) is 5.94. The minimum atomic E-state index is -0.334. The van der Waals surface area contributed by atoms with Gasteiger partial charge < -0.3 is 10.1 Å². The van der Waals surface area contributed by atoms with Crippen LogP contribution in [0.5, 0.6) is 5.75 Å². The third kappa shape index (κ3) is 4.53. The maximum absolute atomic E-state index is 14.0. The van der Waals surface area contributed by atoms with E-state index in [0.29, 0.717) is 6.54 Å². The summed E-state index contributed by atoms with van der Waals surface area (Å²) in [5, 5.41) is 3.25. The van der Waals surface area contributed by atoms with Gasteiger partial charge in [0.2, 0.25) is 0 Å². The fraction of sp³-hybridized carbons (Fsp3) is 0.353. The standard InChI is InChI=1S/C17H21FN2O/c1-3-8-19-11-14-6-7-17(15(18)10-14)21-12-16-13(2)5-4-9-20-16/h4-7,9-10,19H,3,8,11-12H2,1-2H3. The molecule has 0 aliphatic carbocycles. The van der Waals surface area contributed by atoms with Crippen LogP contribution in [0.4, 0.5) is 4.39 Å². The zero-order chi connectivity index (χ0) is 15.1. The van der Waals surface area contributed by atoms with Crippen molar-refractivity contribution in [1.29, 1.82) is 0 Å². The Balaban J connectivity index is 1.96. The van der Waals surface area contributed by atoms with Crippen LogP contribution in [-0.4, -0.2) is 11.5 Å². The number of aryl methyl sites for hydroxylation is 1. The fourth-order valence-electron chi connectivity index (χ4n) is 2.00. The van der Waals surface area contributed by atoms with Crippen molar-refractivity contribution in [2.24, 2.45) is 0 Å². The van der Waals surface area contributed by atoms with Gasteiger partial charge in [-0.15, -0.1) is 0 Å². The van der Waals surface area contributed by atoms with E-state index in [2.05, 4.69) is 17.2 Å². The molecule has 0 amide bonds. The average molecular weight is 288 g/mol. The average Bonchev–Trinajstić information content (AvgIpc) is 2.48. The number of ether oxygens (including phenoxy) is 1. The summed E-state index contributed by atoms with van der Waals surface area (Å²) < 4.78 is 19.5. The normalized spacial score (nSPS) is 10.6. The monoisotopic (exact) mass is 288 g/mol. The highest BCUT2D eigenvalue weighted by molar-refractivity contribution is 5.29. The van der Waals surface area contributed by atoms with Gasteiger partial charge in [-0.1, -0.05) is 19.1 Å². The number of nitrogens with one attached hydrogen (secondary N) is 1. The van der Waals surface area contributed by atoms with Crippen molar-refractivity contribution in [1.82, 2.24) is 10.3 Å². The highest BCUT2D eigenvalue weighted by atomic mass is 19.1. The Morgan fingerprint density at radius 3 is 2.86 bits per heavy atom. The predicted molar refractivity (Wildman–Crippen MR) is 81.7 cm³/mol. The second-order valence-corrected chi connectivity index (χ2v) is 5.00.